The number of ether oxygens (including phenoxy) is 2. The van der Waals surface area contributed by atoms with Gasteiger partial charge in [0.15, 0.2) is 5.78 Å². The van der Waals surface area contributed by atoms with E-state index in [-0.39, 0.29) is 23.9 Å². The zero-order chi connectivity index (χ0) is 11.8. The molecule has 86 valence electrons. The molecule has 0 aliphatic heterocycles. The van der Waals surface area contributed by atoms with E-state index in [9.17, 15) is 9.59 Å². The Hall–Kier alpha value is -1.32. The highest BCUT2D eigenvalue weighted by Gasteiger charge is 2.22. The fraction of sp³-hybridized carbons (Fsp3) is 0.636. The summed E-state index contributed by atoms with van der Waals surface area (Å²) in [6.45, 7) is 7.57. The van der Waals surface area contributed by atoms with E-state index in [0.717, 1.165) is 0 Å². The molecule has 4 nitrogen and oxygen atoms in total. The normalized spacial score (nSPS) is 11.4. The SMILES string of the molecule is CCOC=C(C(=O)OCC)C(=O)C(C)C. The van der Waals surface area contributed by atoms with Crippen molar-refractivity contribution in [3.05, 3.63) is 11.8 Å². The van der Waals surface area contributed by atoms with Crippen LogP contribution in [0.4, 0.5) is 0 Å². The highest BCUT2D eigenvalue weighted by molar-refractivity contribution is 6.17. The number of ketones is 1. The van der Waals surface area contributed by atoms with Crippen LogP contribution in [-0.4, -0.2) is 25.0 Å². The lowest BCUT2D eigenvalue weighted by atomic mass is 10.0. The van der Waals surface area contributed by atoms with Crippen LogP contribution in [0.5, 0.6) is 0 Å². The second kappa shape index (κ2) is 7.04. The Kier molecular flexibility index (Phi) is 6.42. The summed E-state index contributed by atoms with van der Waals surface area (Å²) < 4.78 is 9.72. The predicted octanol–water partition coefficient (Wildman–Crippen LogP) is 1.70. The quantitative estimate of drug-likeness (QED) is 0.222. The van der Waals surface area contributed by atoms with Crippen LogP contribution in [0.2, 0.25) is 0 Å². The first-order valence-corrected chi connectivity index (χ1v) is 5.07. The van der Waals surface area contributed by atoms with E-state index in [2.05, 4.69) is 0 Å². The van der Waals surface area contributed by atoms with Crippen LogP contribution in [-0.2, 0) is 19.1 Å². The van der Waals surface area contributed by atoms with Crippen molar-refractivity contribution >= 4 is 11.8 Å². The molecule has 0 heterocycles. The lowest BCUT2D eigenvalue weighted by Crippen LogP contribution is -2.20. The smallest absolute Gasteiger partial charge is 0.344 e. The molecule has 0 rings (SSSR count). The Morgan fingerprint density at radius 2 is 1.80 bits per heavy atom. The lowest BCUT2D eigenvalue weighted by Gasteiger charge is -2.08. The van der Waals surface area contributed by atoms with Crippen LogP contribution >= 0.6 is 0 Å². The third kappa shape index (κ3) is 4.63. The number of hydrogen-bond acceptors (Lipinski definition) is 4. The van der Waals surface area contributed by atoms with Gasteiger partial charge in [-0.15, -0.1) is 0 Å². The first-order valence-electron chi connectivity index (χ1n) is 5.07. The van der Waals surface area contributed by atoms with Gasteiger partial charge < -0.3 is 9.47 Å². The van der Waals surface area contributed by atoms with Crippen molar-refractivity contribution in [2.45, 2.75) is 27.7 Å². The zero-order valence-corrected chi connectivity index (χ0v) is 9.70. The minimum Gasteiger partial charge on any atom is -0.500 e. The highest BCUT2D eigenvalue weighted by atomic mass is 16.5. The molecule has 0 N–H and O–H groups in total. The fourth-order valence-electron chi connectivity index (χ4n) is 0.893. The van der Waals surface area contributed by atoms with Crippen LogP contribution in [0, 0.1) is 5.92 Å². The molecule has 0 radical (unpaired) electrons. The molecule has 0 bridgehead atoms. The summed E-state index contributed by atoms with van der Waals surface area (Å²) in [5.41, 5.74) is -0.0197. The van der Waals surface area contributed by atoms with Crippen LogP contribution in [0.1, 0.15) is 27.7 Å². The summed E-state index contributed by atoms with van der Waals surface area (Å²) >= 11 is 0. The first kappa shape index (κ1) is 13.7. The molecule has 0 spiro atoms. The number of Topliss-reactive ketones (excluding diaryl/α,β-unsaturated/α-hetero) is 1. The number of hydrogen-bond donors (Lipinski definition) is 0. The topological polar surface area (TPSA) is 52.6 Å². The molecular weight excluding hydrogens is 196 g/mol. The molecule has 0 saturated heterocycles. The predicted molar refractivity (Wildman–Crippen MR) is 56.2 cm³/mol. The Bertz CT molecular complexity index is 253. The number of esters is 1. The van der Waals surface area contributed by atoms with Gasteiger partial charge in [-0.2, -0.15) is 0 Å². The molecule has 0 fully saturated rings. The summed E-state index contributed by atoms with van der Waals surface area (Å²) in [6.07, 6.45) is 1.18. The van der Waals surface area contributed by atoms with Gasteiger partial charge in [0.2, 0.25) is 0 Å². The highest BCUT2D eigenvalue weighted by Crippen LogP contribution is 2.08. The summed E-state index contributed by atoms with van der Waals surface area (Å²) in [7, 11) is 0. The third-order valence-electron chi connectivity index (χ3n) is 1.65. The first-order chi connectivity index (χ1) is 7.04. The molecule has 4 heteroatoms. The Labute approximate surface area is 90.2 Å². The largest absolute Gasteiger partial charge is 0.500 e. The summed E-state index contributed by atoms with van der Waals surface area (Å²) in [5.74, 6) is -1.13. The van der Waals surface area contributed by atoms with E-state index in [1.807, 2.05) is 0 Å². The molecule has 0 saturated carbocycles. The Balaban J connectivity index is 4.73. The molecule has 0 amide bonds. The molecule has 15 heavy (non-hydrogen) atoms. The van der Waals surface area contributed by atoms with Crippen molar-refractivity contribution in [2.24, 2.45) is 5.92 Å². The average molecular weight is 214 g/mol. The van der Waals surface area contributed by atoms with Gasteiger partial charge in [0, 0.05) is 5.92 Å². The number of carbonyl (C=O) groups is 2. The van der Waals surface area contributed by atoms with E-state index in [0.29, 0.717) is 6.61 Å². The van der Waals surface area contributed by atoms with Crippen molar-refractivity contribution in [2.75, 3.05) is 13.2 Å². The van der Waals surface area contributed by atoms with Gasteiger partial charge in [-0.1, -0.05) is 13.8 Å². The van der Waals surface area contributed by atoms with E-state index in [4.69, 9.17) is 9.47 Å². The summed E-state index contributed by atoms with van der Waals surface area (Å²) in [6, 6.07) is 0. The van der Waals surface area contributed by atoms with Crippen molar-refractivity contribution < 1.29 is 19.1 Å². The van der Waals surface area contributed by atoms with Gasteiger partial charge in [-0.05, 0) is 13.8 Å². The second-order valence-corrected chi connectivity index (χ2v) is 3.23. The number of carbonyl (C=O) groups excluding carboxylic acids is 2. The molecule has 0 aliphatic carbocycles. The molecule has 0 aromatic heterocycles. The third-order valence-corrected chi connectivity index (χ3v) is 1.65. The minimum absolute atomic E-state index is 0.0197. The maximum Gasteiger partial charge on any atom is 0.344 e. The van der Waals surface area contributed by atoms with E-state index in [1.165, 1.54) is 6.26 Å². The van der Waals surface area contributed by atoms with Crippen LogP contribution in [0.3, 0.4) is 0 Å². The van der Waals surface area contributed by atoms with Crippen LogP contribution < -0.4 is 0 Å². The summed E-state index contributed by atoms with van der Waals surface area (Å²) in [4.78, 5) is 23.0. The monoisotopic (exact) mass is 214 g/mol. The van der Waals surface area contributed by atoms with E-state index in [1.54, 1.807) is 27.7 Å². The van der Waals surface area contributed by atoms with Gasteiger partial charge in [-0.25, -0.2) is 4.79 Å². The Morgan fingerprint density at radius 3 is 2.20 bits per heavy atom. The van der Waals surface area contributed by atoms with Gasteiger partial charge in [-0.3, -0.25) is 4.79 Å². The number of rotatable bonds is 6. The van der Waals surface area contributed by atoms with E-state index < -0.39 is 5.97 Å². The average Bonchev–Trinajstić information content (AvgIpc) is 2.18. The van der Waals surface area contributed by atoms with Gasteiger partial charge in [0.1, 0.15) is 11.8 Å². The minimum atomic E-state index is -0.621. The van der Waals surface area contributed by atoms with Gasteiger partial charge >= 0.3 is 5.97 Å². The lowest BCUT2D eigenvalue weighted by molar-refractivity contribution is -0.140. The van der Waals surface area contributed by atoms with Crippen molar-refractivity contribution in [3.63, 3.8) is 0 Å². The van der Waals surface area contributed by atoms with Crippen LogP contribution in [0.15, 0.2) is 11.8 Å². The van der Waals surface area contributed by atoms with Crippen molar-refractivity contribution in [1.29, 1.82) is 0 Å². The second-order valence-electron chi connectivity index (χ2n) is 3.23. The zero-order valence-electron chi connectivity index (χ0n) is 9.70. The maximum atomic E-state index is 11.6. The van der Waals surface area contributed by atoms with Gasteiger partial charge in [0.05, 0.1) is 13.2 Å². The molecule has 0 aromatic rings. The molecular formula is C11H18O4. The van der Waals surface area contributed by atoms with E-state index >= 15 is 0 Å². The molecule has 0 unspecified atom stereocenters. The Morgan fingerprint density at radius 1 is 1.20 bits per heavy atom. The fourth-order valence-corrected chi connectivity index (χ4v) is 0.893. The van der Waals surface area contributed by atoms with Crippen LogP contribution in [0.25, 0.3) is 0 Å². The molecule has 0 aromatic carbocycles. The maximum absolute atomic E-state index is 11.6. The molecule has 0 aliphatic rings. The van der Waals surface area contributed by atoms with Crippen molar-refractivity contribution in [1.82, 2.24) is 0 Å². The molecule has 0 atom stereocenters. The standard InChI is InChI=1S/C11H18O4/c1-5-14-7-9(10(12)8(3)4)11(13)15-6-2/h7-8H,5-6H2,1-4H3. The van der Waals surface area contributed by atoms with Gasteiger partial charge in [0.25, 0.3) is 0 Å². The van der Waals surface area contributed by atoms with Crippen molar-refractivity contribution in [3.8, 4) is 0 Å². The summed E-state index contributed by atoms with van der Waals surface area (Å²) in [5, 5.41) is 0.